The Morgan fingerprint density at radius 3 is 2.00 bits per heavy atom. The number of aryl methyl sites for hydroxylation is 1. The van der Waals surface area contributed by atoms with Crippen LogP contribution in [-0.2, 0) is 10.0 Å². The largest absolute Gasteiger partial charge is 0.310 e. The maximum atomic E-state index is 12.9. The maximum Gasteiger partial charge on any atom is 0.310 e. The van der Waals surface area contributed by atoms with E-state index in [4.69, 9.17) is 0 Å². The van der Waals surface area contributed by atoms with Crippen molar-refractivity contribution in [3.8, 4) is 0 Å². The monoisotopic (exact) mass is 451 g/mol. The summed E-state index contributed by atoms with van der Waals surface area (Å²) in [5.74, 6) is 0. The van der Waals surface area contributed by atoms with Gasteiger partial charge >= 0.3 is 10.2 Å². The highest BCUT2D eigenvalue weighted by Gasteiger charge is 2.65. The molecule has 0 fully saturated rings. The van der Waals surface area contributed by atoms with Gasteiger partial charge in [-0.1, -0.05) is 37.1 Å². The van der Waals surface area contributed by atoms with E-state index in [9.17, 15) is 27.8 Å². The van der Waals surface area contributed by atoms with Gasteiger partial charge in [0.05, 0.1) is 10.6 Å². The van der Waals surface area contributed by atoms with Gasteiger partial charge in [-0.05, 0) is 53.2 Å². The van der Waals surface area contributed by atoms with Crippen LogP contribution in [0.1, 0.15) is 5.56 Å². The van der Waals surface area contributed by atoms with Crippen molar-refractivity contribution in [2.75, 3.05) is 4.72 Å². The number of anilines is 1. The van der Waals surface area contributed by atoms with Crippen molar-refractivity contribution in [1.29, 1.82) is 0 Å². The summed E-state index contributed by atoms with van der Waals surface area (Å²) in [5.41, 5.74) is 0.138. The second-order valence-corrected chi connectivity index (χ2v) is 9.98. The number of halogens is 6. The minimum Gasteiger partial charge on any atom is -0.278 e. The lowest BCUT2D eigenvalue weighted by molar-refractivity contribution is 0.364. The van der Waals surface area contributed by atoms with Crippen LogP contribution in [0, 0.1) is 6.92 Å². The molecule has 134 valence electrons. The molecule has 0 aromatic heterocycles. The first-order valence-corrected chi connectivity index (χ1v) is 10.4. The normalized spacial score (nSPS) is 15.5. The summed E-state index contributed by atoms with van der Waals surface area (Å²) in [6.45, 7) is 1.72. The quantitative estimate of drug-likeness (QED) is 0.561. The lowest BCUT2D eigenvalue weighted by atomic mass is 10.2. The Balaban J connectivity index is 2.49. The van der Waals surface area contributed by atoms with Crippen molar-refractivity contribution in [3.63, 3.8) is 0 Å². The first kappa shape index (κ1) is 19.0. The molecule has 11 heteroatoms. The molecule has 2 aromatic carbocycles. The Bertz CT molecular complexity index is 897. The smallest absolute Gasteiger partial charge is 0.278 e. The van der Waals surface area contributed by atoms with E-state index in [1.165, 1.54) is 24.3 Å². The molecule has 0 saturated carbocycles. The molecule has 0 spiro atoms. The zero-order valence-electron chi connectivity index (χ0n) is 11.9. The van der Waals surface area contributed by atoms with Crippen molar-refractivity contribution in [1.82, 2.24) is 0 Å². The maximum absolute atomic E-state index is 12.9. The molecule has 0 aliphatic heterocycles. The van der Waals surface area contributed by atoms with Crippen molar-refractivity contribution >= 4 is 41.9 Å². The second kappa shape index (κ2) is 5.09. The number of hydrogen-bond donors (Lipinski definition) is 1. The van der Waals surface area contributed by atoms with E-state index in [2.05, 4.69) is 15.9 Å². The van der Waals surface area contributed by atoms with Gasteiger partial charge in [0.2, 0.25) is 0 Å². The topological polar surface area (TPSA) is 46.2 Å². The Labute approximate surface area is 143 Å². The van der Waals surface area contributed by atoms with Crippen LogP contribution in [0.25, 0.3) is 0 Å². The fourth-order valence-corrected chi connectivity index (χ4v) is 3.96. The summed E-state index contributed by atoms with van der Waals surface area (Å²) in [5, 5.41) is 0. The highest BCUT2D eigenvalue weighted by Crippen LogP contribution is 3.02. The molecule has 0 saturated heterocycles. The van der Waals surface area contributed by atoms with Crippen LogP contribution in [0.2, 0.25) is 0 Å². The van der Waals surface area contributed by atoms with Gasteiger partial charge in [-0.3, -0.25) is 4.72 Å². The Kier molecular flexibility index (Phi) is 4.03. The minimum absolute atomic E-state index is 0.0668. The number of hydrogen-bond acceptors (Lipinski definition) is 2. The third-order valence-corrected chi connectivity index (χ3v) is 6.18. The summed E-state index contributed by atoms with van der Waals surface area (Å²) in [7, 11) is -14.2. The van der Waals surface area contributed by atoms with E-state index < -0.39 is 30.8 Å². The van der Waals surface area contributed by atoms with E-state index in [0.717, 1.165) is 5.56 Å². The number of rotatable bonds is 4. The molecule has 0 bridgehead atoms. The molecule has 2 aromatic rings. The van der Waals surface area contributed by atoms with Crippen LogP contribution in [0.5, 0.6) is 0 Å². The molecular weight excluding hydrogens is 441 g/mol. The third-order valence-electron chi connectivity index (χ3n) is 2.96. The van der Waals surface area contributed by atoms with Gasteiger partial charge in [0.15, 0.2) is 0 Å². The predicted molar refractivity (Wildman–Crippen MR) is 87.5 cm³/mol. The fourth-order valence-electron chi connectivity index (χ4n) is 1.74. The molecule has 0 radical (unpaired) electrons. The minimum atomic E-state index is -9.92. The summed E-state index contributed by atoms with van der Waals surface area (Å²) in [6.07, 6.45) is 0. The van der Waals surface area contributed by atoms with E-state index in [0.29, 0.717) is 6.07 Å². The first-order valence-electron chi connectivity index (χ1n) is 6.22. The predicted octanol–water partition coefficient (Wildman–Crippen LogP) is 6.22. The number of nitrogens with one attached hydrogen (secondary N) is 1. The lowest BCUT2D eigenvalue weighted by Gasteiger charge is -2.40. The summed E-state index contributed by atoms with van der Waals surface area (Å²) in [6, 6.07) is 6.45. The molecule has 2 rings (SSSR count). The standard InChI is InChI=1S/C13H11BrF5NO2S2/c1-9-2-4-10(5-3-9)23(21,22)20-13-8-11(6-7-12(13)14)24(15,16,17,18)19/h2-8,20H,1H3. The van der Waals surface area contributed by atoms with Gasteiger partial charge in [0, 0.05) is 4.47 Å². The summed E-state index contributed by atoms with van der Waals surface area (Å²) >= 11 is 2.84. The Hall–Kier alpha value is -1.33. The van der Waals surface area contributed by atoms with Crippen LogP contribution in [0.4, 0.5) is 25.1 Å². The number of sulfonamides is 1. The van der Waals surface area contributed by atoms with Gasteiger partial charge in [0.25, 0.3) is 10.0 Å². The molecule has 0 heterocycles. The van der Waals surface area contributed by atoms with Gasteiger partial charge in [-0.25, -0.2) is 8.42 Å². The second-order valence-electron chi connectivity index (χ2n) is 5.03. The van der Waals surface area contributed by atoms with Gasteiger partial charge in [-0.2, -0.15) is 0 Å². The lowest BCUT2D eigenvalue weighted by Crippen LogP contribution is -2.14. The molecule has 0 aliphatic carbocycles. The van der Waals surface area contributed by atoms with E-state index >= 15 is 0 Å². The summed E-state index contributed by atoms with van der Waals surface area (Å²) < 4.78 is 90.5. The van der Waals surface area contributed by atoms with Gasteiger partial charge in [0.1, 0.15) is 4.90 Å². The van der Waals surface area contributed by atoms with Crippen LogP contribution in [0.3, 0.4) is 0 Å². The van der Waals surface area contributed by atoms with Crippen LogP contribution in [-0.4, -0.2) is 8.42 Å². The zero-order chi connectivity index (χ0) is 18.5. The molecule has 0 atom stereocenters. The molecule has 0 aliphatic rings. The SMILES string of the molecule is Cc1ccc(S(=O)(=O)Nc2cc(S(F)(F)(F)(F)F)ccc2Br)cc1. The Morgan fingerprint density at radius 2 is 1.50 bits per heavy atom. The zero-order valence-corrected chi connectivity index (χ0v) is 15.2. The molecule has 1 N–H and O–H groups in total. The molecule has 24 heavy (non-hydrogen) atoms. The van der Waals surface area contributed by atoms with E-state index in [1.54, 1.807) is 6.92 Å². The van der Waals surface area contributed by atoms with E-state index in [-0.39, 0.29) is 21.5 Å². The van der Waals surface area contributed by atoms with Crippen molar-refractivity contribution in [2.24, 2.45) is 0 Å². The number of benzene rings is 2. The highest BCUT2D eigenvalue weighted by molar-refractivity contribution is 9.10. The highest BCUT2D eigenvalue weighted by atomic mass is 79.9. The van der Waals surface area contributed by atoms with Crippen LogP contribution < -0.4 is 4.72 Å². The molecule has 0 amide bonds. The van der Waals surface area contributed by atoms with Crippen LogP contribution >= 0.6 is 26.2 Å². The third kappa shape index (κ3) is 4.39. The molecule has 3 nitrogen and oxygen atoms in total. The van der Waals surface area contributed by atoms with Crippen molar-refractivity contribution in [3.05, 3.63) is 52.5 Å². The molecular formula is C13H11BrF5NO2S2. The Morgan fingerprint density at radius 1 is 0.958 bits per heavy atom. The average Bonchev–Trinajstić information content (AvgIpc) is 2.38. The van der Waals surface area contributed by atoms with Gasteiger partial charge in [-0.15, -0.1) is 0 Å². The van der Waals surface area contributed by atoms with Crippen molar-refractivity contribution in [2.45, 2.75) is 16.7 Å². The van der Waals surface area contributed by atoms with Crippen molar-refractivity contribution < 1.29 is 27.8 Å². The first-order chi connectivity index (χ1) is 10.6. The van der Waals surface area contributed by atoms with Gasteiger partial charge < -0.3 is 0 Å². The van der Waals surface area contributed by atoms with E-state index in [1.807, 2.05) is 4.72 Å². The fraction of sp³-hybridized carbons (Fsp3) is 0.0769. The average molecular weight is 452 g/mol. The van der Waals surface area contributed by atoms with Crippen LogP contribution in [0.15, 0.2) is 56.7 Å². The molecule has 0 unspecified atom stereocenters. The summed E-state index contributed by atoms with van der Waals surface area (Å²) in [4.78, 5) is -2.39.